The van der Waals surface area contributed by atoms with Gasteiger partial charge in [0.05, 0.1) is 25.8 Å². The SMILES string of the molecule is CCCCCC(=O)NC1C(OC)OC(CO)C(OC2OC(CO)C(OC)C(O)C2NCC(=O)O)C1O. The first-order valence-corrected chi connectivity index (χ1v) is 12.1. The zero-order chi connectivity index (χ0) is 26.8. The third-order valence-electron chi connectivity index (χ3n) is 6.33. The van der Waals surface area contributed by atoms with Gasteiger partial charge in [0.2, 0.25) is 5.91 Å². The van der Waals surface area contributed by atoms with Gasteiger partial charge in [0.15, 0.2) is 12.6 Å². The van der Waals surface area contributed by atoms with Crippen LogP contribution < -0.4 is 10.6 Å². The van der Waals surface area contributed by atoms with E-state index in [0.29, 0.717) is 6.42 Å². The number of carbonyl (C=O) groups excluding carboxylic acids is 1. The Balaban J connectivity index is 2.25. The minimum atomic E-state index is -1.44. The molecule has 2 fully saturated rings. The molecule has 0 aromatic heterocycles. The van der Waals surface area contributed by atoms with Crippen LogP contribution in [0.5, 0.6) is 0 Å². The van der Waals surface area contributed by atoms with Gasteiger partial charge in [0.1, 0.15) is 42.7 Å². The van der Waals surface area contributed by atoms with Gasteiger partial charge >= 0.3 is 5.97 Å². The van der Waals surface area contributed by atoms with Crippen molar-refractivity contribution < 1.29 is 58.8 Å². The molecule has 2 heterocycles. The van der Waals surface area contributed by atoms with Gasteiger partial charge in [-0.25, -0.2) is 0 Å². The lowest BCUT2D eigenvalue weighted by Crippen LogP contribution is -2.69. The maximum absolute atomic E-state index is 12.4. The fourth-order valence-corrected chi connectivity index (χ4v) is 4.44. The molecule has 0 aromatic rings. The lowest BCUT2D eigenvalue weighted by molar-refractivity contribution is -0.332. The van der Waals surface area contributed by atoms with Crippen LogP contribution in [0.2, 0.25) is 0 Å². The summed E-state index contributed by atoms with van der Waals surface area (Å²) in [6.45, 7) is 0.315. The smallest absolute Gasteiger partial charge is 0.317 e. The van der Waals surface area contributed by atoms with Crippen molar-refractivity contribution in [3.63, 3.8) is 0 Å². The van der Waals surface area contributed by atoms with Crippen molar-refractivity contribution in [3.05, 3.63) is 0 Å². The van der Waals surface area contributed by atoms with E-state index in [1.54, 1.807) is 0 Å². The molecule has 14 heteroatoms. The molecule has 210 valence electrons. The van der Waals surface area contributed by atoms with Crippen LogP contribution in [0.15, 0.2) is 0 Å². The van der Waals surface area contributed by atoms with Crippen molar-refractivity contribution in [2.24, 2.45) is 0 Å². The number of aliphatic hydroxyl groups excluding tert-OH is 4. The molecule has 0 radical (unpaired) electrons. The number of ether oxygens (including phenoxy) is 5. The van der Waals surface area contributed by atoms with Gasteiger partial charge in [-0.15, -0.1) is 0 Å². The number of carbonyl (C=O) groups is 2. The second-order valence-corrected chi connectivity index (χ2v) is 8.82. The number of aliphatic hydroxyl groups is 4. The number of hydrogen-bond acceptors (Lipinski definition) is 12. The Labute approximate surface area is 209 Å². The number of unbranched alkanes of at least 4 members (excludes halogenated alkanes) is 2. The molecule has 10 atom stereocenters. The molecule has 0 bridgehead atoms. The van der Waals surface area contributed by atoms with Crippen LogP contribution in [-0.2, 0) is 33.3 Å². The Kier molecular flexibility index (Phi) is 12.9. The molecule has 7 N–H and O–H groups in total. The van der Waals surface area contributed by atoms with Gasteiger partial charge in [-0.2, -0.15) is 0 Å². The summed E-state index contributed by atoms with van der Waals surface area (Å²) >= 11 is 0. The van der Waals surface area contributed by atoms with Gasteiger partial charge in [-0.1, -0.05) is 19.8 Å². The summed E-state index contributed by atoms with van der Waals surface area (Å²) in [6, 6.07) is -2.21. The van der Waals surface area contributed by atoms with Crippen LogP contribution in [0.4, 0.5) is 0 Å². The van der Waals surface area contributed by atoms with E-state index in [-0.39, 0.29) is 12.3 Å². The summed E-state index contributed by atoms with van der Waals surface area (Å²) < 4.78 is 27.9. The Morgan fingerprint density at radius 1 is 0.889 bits per heavy atom. The summed E-state index contributed by atoms with van der Waals surface area (Å²) in [5.74, 6) is -1.53. The molecule has 0 aromatic carbocycles. The average molecular weight is 525 g/mol. The van der Waals surface area contributed by atoms with Crippen LogP contribution in [-0.4, -0.2) is 133 Å². The predicted molar refractivity (Wildman–Crippen MR) is 122 cm³/mol. The number of amides is 1. The molecule has 2 rings (SSSR count). The number of carboxylic acid groups (broad SMARTS) is 1. The largest absolute Gasteiger partial charge is 0.480 e. The second-order valence-electron chi connectivity index (χ2n) is 8.82. The summed E-state index contributed by atoms with van der Waals surface area (Å²) in [5.41, 5.74) is 0. The molecule has 0 spiro atoms. The Morgan fingerprint density at radius 3 is 2.06 bits per heavy atom. The third kappa shape index (κ3) is 7.77. The van der Waals surface area contributed by atoms with E-state index in [1.165, 1.54) is 14.2 Å². The molecule has 2 saturated heterocycles. The van der Waals surface area contributed by atoms with Crippen LogP contribution in [0, 0.1) is 0 Å². The number of aliphatic carboxylic acids is 1. The van der Waals surface area contributed by atoms with Gasteiger partial charge < -0.3 is 54.5 Å². The number of rotatable bonds is 14. The molecule has 14 nitrogen and oxygen atoms in total. The number of nitrogens with one attached hydrogen (secondary N) is 2. The van der Waals surface area contributed by atoms with E-state index in [1.807, 2.05) is 6.92 Å². The minimum Gasteiger partial charge on any atom is -0.480 e. The minimum absolute atomic E-state index is 0.234. The highest BCUT2D eigenvalue weighted by Crippen LogP contribution is 2.30. The van der Waals surface area contributed by atoms with Crippen molar-refractivity contribution in [2.75, 3.05) is 34.0 Å². The zero-order valence-corrected chi connectivity index (χ0v) is 20.8. The van der Waals surface area contributed by atoms with Gasteiger partial charge in [-0.3, -0.25) is 14.9 Å². The topological polar surface area (TPSA) is 206 Å². The highest BCUT2D eigenvalue weighted by Gasteiger charge is 2.51. The van der Waals surface area contributed by atoms with Crippen LogP contribution in [0.3, 0.4) is 0 Å². The first-order valence-electron chi connectivity index (χ1n) is 12.1. The molecule has 10 unspecified atom stereocenters. The molecule has 0 aliphatic carbocycles. The summed E-state index contributed by atoms with van der Waals surface area (Å²) in [4.78, 5) is 23.6. The lowest BCUT2D eigenvalue weighted by atomic mass is 9.94. The fraction of sp³-hybridized carbons (Fsp3) is 0.909. The summed E-state index contributed by atoms with van der Waals surface area (Å²) in [5, 5.41) is 56.0. The molecule has 0 saturated carbocycles. The molecular weight excluding hydrogens is 484 g/mol. The Bertz CT molecular complexity index is 685. The lowest BCUT2D eigenvalue weighted by Gasteiger charge is -2.48. The first kappa shape index (κ1) is 30.8. The highest BCUT2D eigenvalue weighted by atomic mass is 16.7. The van der Waals surface area contributed by atoms with Gasteiger partial charge in [0.25, 0.3) is 0 Å². The van der Waals surface area contributed by atoms with E-state index < -0.39 is 87.0 Å². The molecular formula is C22H40N2O12. The monoisotopic (exact) mass is 524 g/mol. The average Bonchev–Trinajstić information content (AvgIpc) is 2.85. The van der Waals surface area contributed by atoms with Crippen molar-refractivity contribution in [2.45, 2.75) is 93.9 Å². The molecule has 2 aliphatic rings. The highest BCUT2D eigenvalue weighted by molar-refractivity contribution is 5.76. The summed E-state index contributed by atoms with van der Waals surface area (Å²) in [7, 11) is 2.63. The number of methoxy groups -OCH3 is 2. The first-order chi connectivity index (χ1) is 17.2. The van der Waals surface area contributed by atoms with E-state index in [0.717, 1.165) is 12.8 Å². The standard InChI is InChI=1S/C22H40N2O12/c1-4-5-6-7-13(27)24-16-18(31)20(12(10-26)34-21(16)33-3)36-22-15(23-8-14(28)29)17(30)19(32-2)11(9-25)35-22/h11-12,15-23,25-26,30-31H,4-10H2,1-3H3,(H,24,27)(H,28,29). The van der Waals surface area contributed by atoms with Crippen LogP contribution >= 0.6 is 0 Å². The van der Waals surface area contributed by atoms with Crippen molar-refractivity contribution in [3.8, 4) is 0 Å². The van der Waals surface area contributed by atoms with E-state index in [2.05, 4.69) is 10.6 Å². The Hall–Kier alpha value is -1.46. The zero-order valence-electron chi connectivity index (χ0n) is 20.8. The van der Waals surface area contributed by atoms with E-state index in [4.69, 9.17) is 28.8 Å². The normalized spacial score (nSPS) is 37.0. The second kappa shape index (κ2) is 15.1. The maximum atomic E-state index is 12.4. The van der Waals surface area contributed by atoms with Crippen molar-refractivity contribution in [1.29, 1.82) is 0 Å². The van der Waals surface area contributed by atoms with E-state index in [9.17, 15) is 30.0 Å². The van der Waals surface area contributed by atoms with Crippen LogP contribution in [0.1, 0.15) is 32.6 Å². The molecule has 36 heavy (non-hydrogen) atoms. The van der Waals surface area contributed by atoms with Crippen LogP contribution in [0.25, 0.3) is 0 Å². The van der Waals surface area contributed by atoms with E-state index >= 15 is 0 Å². The fourth-order valence-electron chi connectivity index (χ4n) is 4.44. The van der Waals surface area contributed by atoms with Crippen molar-refractivity contribution >= 4 is 11.9 Å². The molecule has 1 amide bonds. The Morgan fingerprint density at radius 2 is 1.50 bits per heavy atom. The van der Waals surface area contributed by atoms with Gasteiger partial charge in [0, 0.05) is 20.6 Å². The molecule has 2 aliphatic heterocycles. The van der Waals surface area contributed by atoms with Gasteiger partial charge in [-0.05, 0) is 6.42 Å². The number of carboxylic acids is 1. The maximum Gasteiger partial charge on any atom is 0.317 e. The quantitative estimate of drug-likeness (QED) is 0.116. The third-order valence-corrected chi connectivity index (χ3v) is 6.33. The predicted octanol–water partition coefficient (Wildman–Crippen LogP) is -2.70. The summed E-state index contributed by atoms with van der Waals surface area (Å²) in [6.07, 6.45) is -7.03. The van der Waals surface area contributed by atoms with Crippen molar-refractivity contribution in [1.82, 2.24) is 10.6 Å². The number of hydrogen-bond donors (Lipinski definition) is 7.